The summed E-state index contributed by atoms with van der Waals surface area (Å²) in [5.41, 5.74) is 0.898. The zero-order valence-electron chi connectivity index (χ0n) is 13.5. The van der Waals surface area contributed by atoms with E-state index in [4.69, 9.17) is 9.47 Å². The van der Waals surface area contributed by atoms with Crippen molar-refractivity contribution in [3.8, 4) is 0 Å². The quantitative estimate of drug-likeness (QED) is 0.486. The molecule has 1 aromatic rings. The molecule has 0 bridgehead atoms. The van der Waals surface area contributed by atoms with Gasteiger partial charge in [0.05, 0.1) is 6.61 Å². The zero-order chi connectivity index (χ0) is 16.2. The Kier molecular flexibility index (Phi) is 8.96. The first-order valence-electron chi connectivity index (χ1n) is 8.00. The van der Waals surface area contributed by atoms with Gasteiger partial charge in [-0.05, 0) is 17.9 Å². The van der Waals surface area contributed by atoms with Crippen LogP contribution in [0, 0.1) is 5.92 Å². The monoisotopic (exact) mass is 306 g/mol. The average Bonchev–Trinajstić information content (AvgIpc) is 2.54. The molecule has 4 heteroatoms. The van der Waals surface area contributed by atoms with E-state index < -0.39 is 11.9 Å². The second-order valence-corrected chi connectivity index (χ2v) is 5.42. The second-order valence-electron chi connectivity index (χ2n) is 5.42. The SMILES string of the molecule is CCCCC(CC)COC(=O)CC(=O)OCc1ccccc1. The number of unbranched alkanes of at least 4 members (excludes halogenated alkanes) is 1. The lowest BCUT2D eigenvalue weighted by Crippen LogP contribution is -2.18. The van der Waals surface area contributed by atoms with Crippen molar-refractivity contribution in [2.45, 2.75) is 52.6 Å². The van der Waals surface area contributed by atoms with Gasteiger partial charge in [0.25, 0.3) is 0 Å². The van der Waals surface area contributed by atoms with E-state index in [1.165, 1.54) is 0 Å². The van der Waals surface area contributed by atoms with Gasteiger partial charge in [0.15, 0.2) is 0 Å². The number of carbonyl (C=O) groups excluding carboxylic acids is 2. The van der Waals surface area contributed by atoms with Gasteiger partial charge in [0, 0.05) is 0 Å². The molecule has 122 valence electrons. The standard InChI is InChI=1S/C18H26O4/c1-3-5-9-15(4-2)13-21-17(19)12-18(20)22-14-16-10-7-6-8-11-16/h6-8,10-11,15H,3-5,9,12-14H2,1-2H3. The average molecular weight is 306 g/mol. The maximum absolute atomic E-state index is 11.6. The van der Waals surface area contributed by atoms with Gasteiger partial charge in [-0.15, -0.1) is 0 Å². The van der Waals surface area contributed by atoms with Crippen LogP contribution in [0.2, 0.25) is 0 Å². The summed E-state index contributed by atoms with van der Waals surface area (Å²) in [6, 6.07) is 9.37. The molecule has 22 heavy (non-hydrogen) atoms. The van der Waals surface area contributed by atoms with Crippen LogP contribution >= 0.6 is 0 Å². The van der Waals surface area contributed by atoms with Crippen molar-refractivity contribution < 1.29 is 19.1 Å². The molecule has 1 aromatic carbocycles. The number of rotatable bonds is 10. The molecular formula is C18H26O4. The van der Waals surface area contributed by atoms with Crippen LogP contribution < -0.4 is 0 Å². The van der Waals surface area contributed by atoms with Crippen LogP contribution in [0.5, 0.6) is 0 Å². The molecule has 0 N–H and O–H groups in total. The predicted molar refractivity (Wildman–Crippen MR) is 85.1 cm³/mol. The van der Waals surface area contributed by atoms with Gasteiger partial charge in [0.2, 0.25) is 0 Å². The molecule has 0 aliphatic carbocycles. The van der Waals surface area contributed by atoms with Gasteiger partial charge in [-0.1, -0.05) is 63.4 Å². The van der Waals surface area contributed by atoms with Crippen molar-refractivity contribution in [2.75, 3.05) is 6.61 Å². The largest absolute Gasteiger partial charge is 0.465 e. The molecule has 4 nitrogen and oxygen atoms in total. The minimum absolute atomic E-state index is 0.182. The highest BCUT2D eigenvalue weighted by Gasteiger charge is 2.14. The van der Waals surface area contributed by atoms with Crippen molar-refractivity contribution in [1.82, 2.24) is 0 Å². The van der Waals surface area contributed by atoms with E-state index in [1.807, 2.05) is 30.3 Å². The van der Waals surface area contributed by atoms with E-state index in [9.17, 15) is 9.59 Å². The Hall–Kier alpha value is -1.84. The number of ether oxygens (including phenoxy) is 2. The zero-order valence-corrected chi connectivity index (χ0v) is 13.5. The van der Waals surface area contributed by atoms with Crippen LogP contribution in [0.4, 0.5) is 0 Å². The van der Waals surface area contributed by atoms with E-state index in [1.54, 1.807) is 0 Å². The summed E-state index contributed by atoms with van der Waals surface area (Å²) in [7, 11) is 0. The van der Waals surface area contributed by atoms with Gasteiger partial charge in [0.1, 0.15) is 13.0 Å². The Bertz CT molecular complexity index is 442. The first-order valence-corrected chi connectivity index (χ1v) is 8.00. The van der Waals surface area contributed by atoms with E-state index in [0.717, 1.165) is 31.2 Å². The van der Waals surface area contributed by atoms with Crippen molar-refractivity contribution in [3.63, 3.8) is 0 Å². The molecule has 0 heterocycles. The molecule has 0 aliphatic rings. The molecule has 0 saturated heterocycles. The van der Waals surface area contributed by atoms with E-state index >= 15 is 0 Å². The molecule has 0 saturated carbocycles. The molecule has 0 spiro atoms. The third kappa shape index (κ3) is 7.81. The fraction of sp³-hybridized carbons (Fsp3) is 0.556. The van der Waals surface area contributed by atoms with Crippen LogP contribution in [0.15, 0.2) is 30.3 Å². The van der Waals surface area contributed by atoms with Gasteiger partial charge < -0.3 is 9.47 Å². The number of hydrogen-bond donors (Lipinski definition) is 0. The van der Waals surface area contributed by atoms with Crippen LogP contribution in [0.3, 0.4) is 0 Å². The topological polar surface area (TPSA) is 52.6 Å². The van der Waals surface area contributed by atoms with E-state index in [2.05, 4.69) is 13.8 Å². The highest BCUT2D eigenvalue weighted by atomic mass is 16.6. The fourth-order valence-electron chi connectivity index (χ4n) is 2.07. The second kappa shape index (κ2) is 10.8. The van der Waals surface area contributed by atoms with Gasteiger partial charge >= 0.3 is 11.9 Å². The summed E-state index contributed by atoms with van der Waals surface area (Å²) < 4.78 is 10.2. The summed E-state index contributed by atoms with van der Waals surface area (Å²) in [5.74, 6) is -0.673. The van der Waals surface area contributed by atoms with E-state index in [-0.39, 0.29) is 13.0 Å². The molecule has 0 fully saturated rings. The molecule has 0 radical (unpaired) electrons. The Balaban J connectivity index is 2.22. The normalized spacial score (nSPS) is 11.7. The summed E-state index contributed by atoms with van der Waals surface area (Å²) in [5, 5.41) is 0. The maximum atomic E-state index is 11.6. The van der Waals surface area contributed by atoms with Gasteiger partial charge in [-0.25, -0.2) is 0 Å². The first-order chi connectivity index (χ1) is 10.7. The lowest BCUT2D eigenvalue weighted by atomic mass is 10.0. The summed E-state index contributed by atoms with van der Waals surface area (Å²) in [6.07, 6.45) is 3.98. The Morgan fingerprint density at radius 3 is 2.36 bits per heavy atom. The molecular weight excluding hydrogens is 280 g/mol. The number of hydrogen-bond acceptors (Lipinski definition) is 4. The Morgan fingerprint density at radius 2 is 1.73 bits per heavy atom. The summed E-state index contributed by atoms with van der Waals surface area (Å²) in [6.45, 7) is 4.80. The molecule has 0 aliphatic heterocycles. The fourth-order valence-corrected chi connectivity index (χ4v) is 2.07. The van der Waals surface area contributed by atoms with Crippen LogP contribution in [0.1, 0.15) is 51.5 Å². The van der Waals surface area contributed by atoms with Crippen LogP contribution in [0.25, 0.3) is 0 Å². The number of carbonyl (C=O) groups is 2. The van der Waals surface area contributed by atoms with Gasteiger partial charge in [-0.2, -0.15) is 0 Å². The third-order valence-corrected chi connectivity index (χ3v) is 3.55. The molecule has 1 atom stereocenters. The lowest BCUT2D eigenvalue weighted by Gasteiger charge is -2.14. The summed E-state index contributed by atoms with van der Waals surface area (Å²) in [4.78, 5) is 23.2. The number of benzene rings is 1. The number of esters is 2. The van der Waals surface area contributed by atoms with Crippen molar-refractivity contribution >= 4 is 11.9 Å². The minimum Gasteiger partial charge on any atom is -0.465 e. The highest BCUT2D eigenvalue weighted by molar-refractivity contribution is 5.91. The highest BCUT2D eigenvalue weighted by Crippen LogP contribution is 2.13. The lowest BCUT2D eigenvalue weighted by molar-refractivity contribution is -0.156. The molecule has 0 amide bonds. The Labute approximate surface area is 132 Å². The predicted octanol–water partition coefficient (Wildman–Crippen LogP) is 3.88. The molecule has 1 rings (SSSR count). The maximum Gasteiger partial charge on any atom is 0.317 e. The van der Waals surface area contributed by atoms with Crippen molar-refractivity contribution in [2.24, 2.45) is 5.92 Å². The van der Waals surface area contributed by atoms with Crippen LogP contribution in [-0.2, 0) is 25.7 Å². The third-order valence-electron chi connectivity index (χ3n) is 3.55. The van der Waals surface area contributed by atoms with E-state index in [0.29, 0.717) is 12.5 Å². The van der Waals surface area contributed by atoms with Crippen molar-refractivity contribution in [1.29, 1.82) is 0 Å². The molecule has 0 aromatic heterocycles. The Morgan fingerprint density at radius 1 is 1.05 bits per heavy atom. The minimum atomic E-state index is -0.546. The summed E-state index contributed by atoms with van der Waals surface area (Å²) >= 11 is 0. The smallest absolute Gasteiger partial charge is 0.317 e. The first kappa shape index (κ1) is 18.2. The van der Waals surface area contributed by atoms with Crippen molar-refractivity contribution in [3.05, 3.63) is 35.9 Å². The van der Waals surface area contributed by atoms with Gasteiger partial charge in [-0.3, -0.25) is 9.59 Å². The molecule has 1 unspecified atom stereocenters. The van der Waals surface area contributed by atoms with Crippen LogP contribution in [-0.4, -0.2) is 18.5 Å².